The molecule has 1 N–H and O–H groups in total. The minimum atomic E-state index is -3.55. The molecule has 1 aromatic rings. The van der Waals surface area contributed by atoms with Gasteiger partial charge in [0.1, 0.15) is 16.7 Å². The van der Waals surface area contributed by atoms with Crippen molar-refractivity contribution < 1.29 is 8.42 Å². The van der Waals surface area contributed by atoms with Crippen molar-refractivity contribution in [2.75, 3.05) is 6.54 Å². The monoisotopic (exact) mass is 251 g/mol. The van der Waals surface area contributed by atoms with E-state index >= 15 is 0 Å². The molecule has 0 amide bonds. The lowest BCUT2D eigenvalue weighted by molar-refractivity contribution is 0.585. The van der Waals surface area contributed by atoms with Gasteiger partial charge in [-0.15, -0.1) is 0 Å². The topological polar surface area (TPSA) is 82.9 Å². The van der Waals surface area contributed by atoms with Crippen molar-refractivity contribution in [3.05, 3.63) is 35.7 Å². The quantitative estimate of drug-likeness (QED) is 0.815. The average molecular weight is 251 g/mol. The normalized spacial score (nSPS) is 10.6. The van der Waals surface area contributed by atoms with Crippen molar-refractivity contribution >= 4 is 10.0 Å². The van der Waals surface area contributed by atoms with Crippen LogP contribution >= 0.6 is 0 Å². The third-order valence-corrected chi connectivity index (χ3v) is 3.35. The standard InChI is InChI=1S/C11H13N3O2S/c1-9(2)5-6-14-17(15,16)11-4-3-10(7-12)13-8-11/h3-5,8,14H,6H2,1-2H3. The molecule has 1 rings (SSSR count). The first-order chi connectivity index (χ1) is 7.95. The Morgan fingerprint density at radius 2 is 2.24 bits per heavy atom. The molecule has 0 atom stereocenters. The third kappa shape index (κ3) is 3.98. The van der Waals surface area contributed by atoms with Gasteiger partial charge in [-0.1, -0.05) is 11.6 Å². The van der Waals surface area contributed by atoms with Crippen molar-refractivity contribution in [1.29, 1.82) is 5.26 Å². The number of hydrogen-bond donors (Lipinski definition) is 1. The summed E-state index contributed by atoms with van der Waals surface area (Å²) < 4.78 is 25.9. The number of pyridine rings is 1. The Hall–Kier alpha value is -1.71. The van der Waals surface area contributed by atoms with E-state index in [0.717, 1.165) is 5.57 Å². The van der Waals surface area contributed by atoms with E-state index in [4.69, 9.17) is 5.26 Å². The van der Waals surface area contributed by atoms with Crippen LogP contribution in [0.1, 0.15) is 19.5 Å². The molecule has 0 spiro atoms. The van der Waals surface area contributed by atoms with Gasteiger partial charge in [-0.3, -0.25) is 0 Å². The number of aromatic nitrogens is 1. The zero-order chi connectivity index (χ0) is 12.9. The van der Waals surface area contributed by atoms with E-state index in [9.17, 15) is 8.42 Å². The van der Waals surface area contributed by atoms with Gasteiger partial charge in [0.05, 0.1) is 0 Å². The molecule has 0 saturated heterocycles. The fourth-order valence-electron chi connectivity index (χ4n) is 1.04. The maximum atomic E-state index is 11.8. The summed E-state index contributed by atoms with van der Waals surface area (Å²) in [4.78, 5) is 3.77. The minimum Gasteiger partial charge on any atom is -0.244 e. The molecule has 0 fully saturated rings. The number of allylic oxidation sites excluding steroid dienone is 1. The summed E-state index contributed by atoms with van der Waals surface area (Å²) in [5.41, 5.74) is 1.22. The second-order valence-electron chi connectivity index (χ2n) is 3.62. The van der Waals surface area contributed by atoms with Crippen molar-refractivity contribution in [1.82, 2.24) is 9.71 Å². The first-order valence-electron chi connectivity index (χ1n) is 4.95. The molecule has 0 bridgehead atoms. The predicted molar refractivity (Wildman–Crippen MR) is 63.6 cm³/mol. The summed E-state index contributed by atoms with van der Waals surface area (Å²) >= 11 is 0. The molecule has 0 aromatic carbocycles. The van der Waals surface area contributed by atoms with Crippen LogP contribution in [0.5, 0.6) is 0 Å². The number of hydrogen-bond acceptors (Lipinski definition) is 4. The summed E-state index contributed by atoms with van der Waals surface area (Å²) in [6.45, 7) is 4.01. The number of sulfonamides is 1. The summed E-state index contributed by atoms with van der Waals surface area (Å²) in [5, 5.41) is 8.55. The van der Waals surface area contributed by atoms with E-state index in [2.05, 4.69) is 9.71 Å². The molecule has 90 valence electrons. The third-order valence-electron chi connectivity index (χ3n) is 1.94. The number of nitriles is 1. The van der Waals surface area contributed by atoms with Crippen molar-refractivity contribution in [2.24, 2.45) is 0 Å². The lowest BCUT2D eigenvalue weighted by atomic mass is 10.3. The Morgan fingerprint density at radius 3 is 2.71 bits per heavy atom. The fraction of sp³-hybridized carbons (Fsp3) is 0.273. The molecule has 17 heavy (non-hydrogen) atoms. The van der Waals surface area contributed by atoms with Gasteiger partial charge in [-0.25, -0.2) is 18.1 Å². The van der Waals surface area contributed by atoms with E-state index < -0.39 is 10.0 Å². The van der Waals surface area contributed by atoms with Crippen LogP contribution in [0, 0.1) is 11.3 Å². The Balaban J connectivity index is 2.83. The highest BCUT2D eigenvalue weighted by Gasteiger charge is 2.12. The lowest BCUT2D eigenvalue weighted by Crippen LogP contribution is -2.24. The van der Waals surface area contributed by atoms with Crippen LogP contribution in [0.3, 0.4) is 0 Å². The summed E-state index contributed by atoms with van der Waals surface area (Å²) in [7, 11) is -3.55. The van der Waals surface area contributed by atoms with E-state index in [1.54, 1.807) is 6.08 Å². The molecule has 0 aliphatic rings. The molecule has 0 aliphatic heterocycles. The summed E-state index contributed by atoms with van der Waals surface area (Å²) in [5.74, 6) is 0. The van der Waals surface area contributed by atoms with Crippen LogP contribution in [0.25, 0.3) is 0 Å². The first-order valence-corrected chi connectivity index (χ1v) is 6.43. The van der Waals surface area contributed by atoms with Crippen LogP contribution < -0.4 is 4.72 Å². The van der Waals surface area contributed by atoms with Gasteiger partial charge < -0.3 is 0 Å². The summed E-state index contributed by atoms with van der Waals surface area (Å²) in [6, 6.07) is 4.56. The second-order valence-corrected chi connectivity index (χ2v) is 5.39. The van der Waals surface area contributed by atoms with Crippen molar-refractivity contribution in [3.63, 3.8) is 0 Å². The molecular formula is C11H13N3O2S. The highest BCUT2D eigenvalue weighted by Crippen LogP contribution is 2.07. The highest BCUT2D eigenvalue weighted by molar-refractivity contribution is 7.89. The van der Waals surface area contributed by atoms with E-state index in [-0.39, 0.29) is 17.1 Å². The maximum Gasteiger partial charge on any atom is 0.242 e. The smallest absolute Gasteiger partial charge is 0.242 e. The fourth-order valence-corrected chi connectivity index (χ4v) is 1.95. The molecule has 0 radical (unpaired) electrons. The first kappa shape index (κ1) is 13.4. The molecule has 1 aromatic heterocycles. The minimum absolute atomic E-state index is 0.0543. The lowest BCUT2D eigenvalue weighted by Gasteiger charge is -2.04. The van der Waals surface area contributed by atoms with Crippen LogP contribution in [0.4, 0.5) is 0 Å². The second kappa shape index (κ2) is 5.57. The van der Waals surface area contributed by atoms with Gasteiger partial charge in [-0.05, 0) is 26.0 Å². The molecule has 1 heterocycles. The molecule has 0 saturated carbocycles. The Morgan fingerprint density at radius 1 is 1.53 bits per heavy atom. The van der Waals surface area contributed by atoms with Gasteiger partial charge in [-0.2, -0.15) is 5.26 Å². The molecule has 6 heteroatoms. The molecule has 5 nitrogen and oxygen atoms in total. The van der Waals surface area contributed by atoms with Crippen LogP contribution in [-0.4, -0.2) is 19.9 Å². The maximum absolute atomic E-state index is 11.8. The zero-order valence-electron chi connectivity index (χ0n) is 9.64. The van der Waals surface area contributed by atoms with Gasteiger partial charge in [0.25, 0.3) is 0 Å². The Labute approximate surface area is 101 Å². The highest BCUT2D eigenvalue weighted by atomic mass is 32.2. The van der Waals surface area contributed by atoms with Crippen LogP contribution in [-0.2, 0) is 10.0 Å². The number of nitrogens with one attached hydrogen (secondary N) is 1. The summed E-state index contributed by atoms with van der Waals surface area (Å²) in [6.07, 6.45) is 2.94. The Bertz CT molecular complexity index is 549. The van der Waals surface area contributed by atoms with E-state index in [1.807, 2.05) is 19.9 Å². The van der Waals surface area contributed by atoms with Gasteiger partial charge in [0.15, 0.2) is 0 Å². The molecule has 0 aliphatic carbocycles. The number of rotatable bonds is 4. The largest absolute Gasteiger partial charge is 0.244 e. The van der Waals surface area contributed by atoms with Crippen molar-refractivity contribution in [3.8, 4) is 6.07 Å². The van der Waals surface area contributed by atoms with E-state index in [1.165, 1.54) is 18.3 Å². The van der Waals surface area contributed by atoms with Crippen LogP contribution in [0.2, 0.25) is 0 Å². The van der Waals surface area contributed by atoms with Crippen molar-refractivity contribution in [2.45, 2.75) is 18.7 Å². The zero-order valence-corrected chi connectivity index (χ0v) is 10.5. The average Bonchev–Trinajstić information content (AvgIpc) is 2.28. The number of nitrogens with zero attached hydrogens (tertiary/aromatic N) is 2. The Kier molecular flexibility index (Phi) is 4.37. The van der Waals surface area contributed by atoms with Gasteiger partial charge in [0.2, 0.25) is 10.0 Å². The molecular weight excluding hydrogens is 238 g/mol. The van der Waals surface area contributed by atoms with Crippen LogP contribution in [0.15, 0.2) is 34.9 Å². The predicted octanol–water partition coefficient (Wildman–Crippen LogP) is 1.20. The SMILES string of the molecule is CC(C)=CCNS(=O)(=O)c1ccc(C#N)nc1. The van der Waals surface area contributed by atoms with Gasteiger partial charge in [0, 0.05) is 12.7 Å². The molecule has 0 unspecified atom stereocenters. The van der Waals surface area contributed by atoms with Gasteiger partial charge >= 0.3 is 0 Å². The van der Waals surface area contributed by atoms with E-state index in [0.29, 0.717) is 0 Å².